The van der Waals surface area contributed by atoms with Gasteiger partial charge in [0.05, 0.1) is 18.0 Å². The summed E-state index contributed by atoms with van der Waals surface area (Å²) < 4.78 is 5.68. The molecular formula is C9H15NO2S. The van der Waals surface area contributed by atoms with Gasteiger partial charge in [0.15, 0.2) is 0 Å². The minimum atomic E-state index is 0.0195. The maximum absolute atomic E-state index is 10.9. The standard InChI is InChI=1S/C9H15NO2S/c11-9(5-13)10-4-6-3-7-1-2-8(6)12-7/h6-8,13H,1-5H2,(H,10,11). The molecular weight excluding hydrogens is 186 g/mol. The number of ether oxygens (including phenoxy) is 1. The molecule has 4 heteroatoms. The van der Waals surface area contributed by atoms with E-state index in [-0.39, 0.29) is 11.7 Å². The maximum Gasteiger partial charge on any atom is 0.229 e. The first-order chi connectivity index (χ1) is 6.29. The largest absolute Gasteiger partial charge is 0.375 e. The number of carbonyl (C=O) groups is 1. The first-order valence-corrected chi connectivity index (χ1v) is 5.46. The Hall–Kier alpha value is -0.220. The van der Waals surface area contributed by atoms with Crippen LogP contribution in [0.15, 0.2) is 0 Å². The molecule has 1 amide bonds. The van der Waals surface area contributed by atoms with E-state index < -0.39 is 0 Å². The van der Waals surface area contributed by atoms with Crippen molar-refractivity contribution in [3.05, 3.63) is 0 Å². The van der Waals surface area contributed by atoms with E-state index >= 15 is 0 Å². The fraction of sp³-hybridized carbons (Fsp3) is 0.889. The summed E-state index contributed by atoms with van der Waals surface area (Å²) >= 11 is 3.90. The van der Waals surface area contributed by atoms with Crippen LogP contribution in [0.5, 0.6) is 0 Å². The molecule has 2 heterocycles. The normalized spacial score (nSPS) is 36.5. The van der Waals surface area contributed by atoms with Crippen molar-refractivity contribution in [3.63, 3.8) is 0 Å². The molecule has 0 aromatic carbocycles. The van der Waals surface area contributed by atoms with Crippen molar-refractivity contribution >= 4 is 18.5 Å². The molecule has 2 saturated heterocycles. The predicted molar refractivity (Wildman–Crippen MR) is 52.9 cm³/mol. The van der Waals surface area contributed by atoms with Crippen LogP contribution in [0.1, 0.15) is 19.3 Å². The van der Waals surface area contributed by atoms with Crippen molar-refractivity contribution in [2.45, 2.75) is 31.5 Å². The van der Waals surface area contributed by atoms with E-state index in [1.807, 2.05) is 0 Å². The van der Waals surface area contributed by atoms with Crippen LogP contribution in [0, 0.1) is 5.92 Å². The van der Waals surface area contributed by atoms with Crippen LogP contribution in [0.4, 0.5) is 0 Å². The van der Waals surface area contributed by atoms with Crippen molar-refractivity contribution in [2.24, 2.45) is 5.92 Å². The Balaban J connectivity index is 1.74. The lowest BCUT2D eigenvalue weighted by Crippen LogP contribution is -2.34. The van der Waals surface area contributed by atoms with Crippen molar-refractivity contribution in [2.75, 3.05) is 12.3 Å². The molecule has 3 unspecified atom stereocenters. The van der Waals surface area contributed by atoms with Gasteiger partial charge in [-0.3, -0.25) is 4.79 Å². The van der Waals surface area contributed by atoms with Crippen LogP contribution in [-0.4, -0.2) is 30.4 Å². The molecule has 3 atom stereocenters. The second-order valence-electron chi connectivity index (χ2n) is 3.83. The van der Waals surface area contributed by atoms with Gasteiger partial charge in [-0.25, -0.2) is 0 Å². The summed E-state index contributed by atoms with van der Waals surface area (Å²) in [4.78, 5) is 10.9. The Morgan fingerprint density at radius 3 is 2.92 bits per heavy atom. The Morgan fingerprint density at radius 1 is 1.54 bits per heavy atom. The fourth-order valence-corrected chi connectivity index (χ4v) is 2.37. The third-order valence-corrected chi connectivity index (χ3v) is 3.22. The lowest BCUT2D eigenvalue weighted by atomic mass is 9.89. The van der Waals surface area contributed by atoms with Gasteiger partial charge in [-0.2, -0.15) is 12.6 Å². The minimum absolute atomic E-state index is 0.0195. The van der Waals surface area contributed by atoms with Crippen molar-refractivity contribution in [1.82, 2.24) is 5.32 Å². The molecule has 2 fully saturated rings. The van der Waals surface area contributed by atoms with E-state index in [0.29, 0.717) is 18.1 Å². The number of fused-ring (bicyclic) bond motifs is 2. The molecule has 74 valence electrons. The highest BCUT2D eigenvalue weighted by atomic mass is 32.1. The van der Waals surface area contributed by atoms with Gasteiger partial charge in [0.2, 0.25) is 5.91 Å². The molecule has 3 nitrogen and oxygen atoms in total. The van der Waals surface area contributed by atoms with Crippen molar-refractivity contribution in [1.29, 1.82) is 0 Å². The van der Waals surface area contributed by atoms with E-state index in [2.05, 4.69) is 17.9 Å². The van der Waals surface area contributed by atoms with Crippen LogP contribution in [0.2, 0.25) is 0 Å². The van der Waals surface area contributed by atoms with Crippen LogP contribution < -0.4 is 5.32 Å². The average molecular weight is 201 g/mol. The Kier molecular flexibility index (Phi) is 2.79. The van der Waals surface area contributed by atoms with E-state index in [1.165, 1.54) is 12.8 Å². The highest BCUT2D eigenvalue weighted by Gasteiger charge is 2.40. The Labute approximate surface area is 83.6 Å². The van der Waals surface area contributed by atoms with Gasteiger partial charge in [-0.1, -0.05) is 0 Å². The van der Waals surface area contributed by atoms with Gasteiger partial charge in [0.25, 0.3) is 0 Å². The summed E-state index contributed by atoms with van der Waals surface area (Å²) in [6.45, 7) is 0.764. The van der Waals surface area contributed by atoms with E-state index in [9.17, 15) is 4.79 Å². The molecule has 2 rings (SSSR count). The van der Waals surface area contributed by atoms with Crippen molar-refractivity contribution < 1.29 is 9.53 Å². The predicted octanol–water partition coefficient (Wildman–Crippen LogP) is 0.600. The van der Waals surface area contributed by atoms with Crippen LogP contribution in [0.25, 0.3) is 0 Å². The number of hydrogen-bond acceptors (Lipinski definition) is 3. The summed E-state index contributed by atoms with van der Waals surface area (Å²) in [6.07, 6.45) is 4.39. The van der Waals surface area contributed by atoms with Gasteiger partial charge in [0, 0.05) is 12.5 Å². The van der Waals surface area contributed by atoms with Gasteiger partial charge < -0.3 is 10.1 Å². The number of nitrogens with one attached hydrogen (secondary N) is 1. The average Bonchev–Trinajstić information content (AvgIpc) is 2.74. The van der Waals surface area contributed by atoms with Gasteiger partial charge in [-0.05, 0) is 19.3 Å². The number of carbonyl (C=O) groups excluding carboxylic acids is 1. The SMILES string of the molecule is O=C(CS)NCC1CC2CCC1O2. The van der Waals surface area contributed by atoms with Crippen molar-refractivity contribution in [3.8, 4) is 0 Å². The second kappa shape index (κ2) is 3.88. The zero-order valence-electron chi connectivity index (χ0n) is 7.53. The fourth-order valence-electron chi connectivity index (χ4n) is 2.26. The highest BCUT2D eigenvalue weighted by Crippen LogP contribution is 2.38. The van der Waals surface area contributed by atoms with Crippen LogP contribution in [0.3, 0.4) is 0 Å². The lowest BCUT2D eigenvalue weighted by Gasteiger charge is -2.18. The molecule has 13 heavy (non-hydrogen) atoms. The Bertz CT molecular complexity index is 210. The van der Waals surface area contributed by atoms with Crippen LogP contribution >= 0.6 is 12.6 Å². The Morgan fingerprint density at radius 2 is 2.38 bits per heavy atom. The van der Waals surface area contributed by atoms with E-state index in [0.717, 1.165) is 13.0 Å². The third-order valence-electron chi connectivity index (χ3n) is 2.94. The number of hydrogen-bond donors (Lipinski definition) is 2. The number of rotatable bonds is 3. The first-order valence-electron chi connectivity index (χ1n) is 4.82. The molecule has 2 aliphatic heterocycles. The quantitative estimate of drug-likeness (QED) is 0.656. The van der Waals surface area contributed by atoms with E-state index in [4.69, 9.17) is 4.74 Å². The van der Waals surface area contributed by atoms with Crippen LogP contribution in [-0.2, 0) is 9.53 Å². The molecule has 0 aromatic rings. The summed E-state index contributed by atoms with van der Waals surface area (Å²) in [5.74, 6) is 0.843. The first kappa shape index (κ1) is 9.34. The molecule has 1 N–H and O–H groups in total. The summed E-state index contributed by atoms with van der Waals surface area (Å²) in [7, 11) is 0. The molecule has 0 aliphatic carbocycles. The second-order valence-corrected chi connectivity index (χ2v) is 4.15. The van der Waals surface area contributed by atoms with Gasteiger partial charge >= 0.3 is 0 Å². The molecule has 0 saturated carbocycles. The molecule has 0 spiro atoms. The minimum Gasteiger partial charge on any atom is -0.375 e. The molecule has 0 aromatic heterocycles. The zero-order chi connectivity index (χ0) is 9.26. The molecule has 2 bridgehead atoms. The summed E-state index contributed by atoms with van der Waals surface area (Å²) in [5.41, 5.74) is 0. The third kappa shape index (κ3) is 1.99. The maximum atomic E-state index is 10.9. The summed E-state index contributed by atoms with van der Waals surface area (Å²) in [5, 5.41) is 2.86. The number of thiol groups is 1. The topological polar surface area (TPSA) is 38.3 Å². The molecule has 2 aliphatic rings. The summed E-state index contributed by atoms with van der Waals surface area (Å²) in [6, 6.07) is 0. The smallest absolute Gasteiger partial charge is 0.229 e. The molecule has 0 radical (unpaired) electrons. The number of amides is 1. The van der Waals surface area contributed by atoms with Gasteiger partial charge in [-0.15, -0.1) is 0 Å². The van der Waals surface area contributed by atoms with Gasteiger partial charge in [0.1, 0.15) is 0 Å². The monoisotopic (exact) mass is 201 g/mol. The lowest BCUT2D eigenvalue weighted by molar-refractivity contribution is -0.118. The highest BCUT2D eigenvalue weighted by molar-refractivity contribution is 7.81. The van der Waals surface area contributed by atoms with E-state index in [1.54, 1.807) is 0 Å². The zero-order valence-corrected chi connectivity index (χ0v) is 8.43.